The van der Waals surface area contributed by atoms with E-state index in [2.05, 4.69) is 4.98 Å². The minimum Gasteiger partial charge on any atom is -0.475 e. The molecule has 1 aliphatic heterocycles. The minimum atomic E-state index is -5.08. The Labute approximate surface area is 170 Å². The van der Waals surface area contributed by atoms with Crippen molar-refractivity contribution >= 4 is 11.9 Å². The van der Waals surface area contributed by atoms with Crippen LogP contribution in [0.1, 0.15) is 30.7 Å². The van der Waals surface area contributed by atoms with Gasteiger partial charge in [-0.25, -0.2) is 9.18 Å². The summed E-state index contributed by atoms with van der Waals surface area (Å²) in [5, 5.41) is 7.12. The quantitative estimate of drug-likeness (QED) is 0.748. The fraction of sp³-hybridized carbons (Fsp3) is 0.381. The highest BCUT2D eigenvalue weighted by Crippen LogP contribution is 2.48. The Morgan fingerprint density at radius 2 is 1.63 bits per heavy atom. The molecule has 1 N–H and O–H groups in total. The van der Waals surface area contributed by atoms with Gasteiger partial charge in [-0.15, -0.1) is 0 Å². The van der Waals surface area contributed by atoms with Crippen molar-refractivity contribution in [2.24, 2.45) is 5.92 Å². The molecule has 1 aliphatic carbocycles. The van der Waals surface area contributed by atoms with Crippen LogP contribution in [0.5, 0.6) is 0 Å². The number of pyridine rings is 1. The van der Waals surface area contributed by atoms with Gasteiger partial charge in [0.1, 0.15) is 5.82 Å². The van der Waals surface area contributed by atoms with E-state index in [0.29, 0.717) is 11.8 Å². The third-order valence-corrected chi connectivity index (χ3v) is 5.12. The standard InChI is InChI=1S/C19H19FN2O.C2HF3O2/c20-15-6-3-13(4-7-15)18-8-5-14(12-21-18)16-11-17(16)19(23)22-9-1-2-10-22;3-2(4,5)1(6)7/h3-8,12,16-17H,1-2,9-11H2;(H,6,7)/t16-,17+;/m0./s1. The molecule has 0 spiro atoms. The molecule has 2 fully saturated rings. The van der Waals surface area contributed by atoms with E-state index in [0.717, 1.165) is 49.2 Å². The van der Waals surface area contributed by atoms with Crippen molar-refractivity contribution < 1.29 is 32.3 Å². The molecule has 2 heterocycles. The topological polar surface area (TPSA) is 70.5 Å². The number of aliphatic carboxylic acids is 1. The van der Waals surface area contributed by atoms with Gasteiger partial charge >= 0.3 is 12.1 Å². The number of amides is 1. The fourth-order valence-electron chi connectivity index (χ4n) is 3.42. The molecule has 0 unspecified atom stereocenters. The zero-order chi connectivity index (χ0) is 21.9. The summed E-state index contributed by atoms with van der Waals surface area (Å²) in [5.41, 5.74) is 2.86. The molecule has 0 bridgehead atoms. The number of carbonyl (C=O) groups excluding carboxylic acids is 1. The van der Waals surface area contributed by atoms with Crippen LogP contribution in [0.2, 0.25) is 0 Å². The monoisotopic (exact) mass is 424 g/mol. The Hall–Kier alpha value is -2.97. The van der Waals surface area contributed by atoms with Crippen LogP contribution in [0.25, 0.3) is 11.3 Å². The Morgan fingerprint density at radius 3 is 2.13 bits per heavy atom. The summed E-state index contributed by atoms with van der Waals surface area (Å²) in [6.07, 6.45) is -0.0123. The Bertz CT molecular complexity index is 892. The highest BCUT2D eigenvalue weighted by molar-refractivity contribution is 5.83. The maximum absolute atomic E-state index is 13.0. The van der Waals surface area contributed by atoms with Crippen molar-refractivity contribution in [3.05, 3.63) is 54.0 Å². The number of nitrogens with zero attached hydrogens (tertiary/aromatic N) is 2. The number of carboxylic acid groups (broad SMARTS) is 1. The van der Waals surface area contributed by atoms with Crippen LogP contribution in [0.4, 0.5) is 17.6 Å². The van der Waals surface area contributed by atoms with Crippen molar-refractivity contribution in [1.29, 1.82) is 0 Å². The van der Waals surface area contributed by atoms with Crippen LogP contribution >= 0.6 is 0 Å². The molecule has 1 saturated carbocycles. The van der Waals surface area contributed by atoms with E-state index in [9.17, 15) is 22.4 Å². The highest BCUT2D eigenvalue weighted by Gasteiger charge is 2.46. The van der Waals surface area contributed by atoms with Gasteiger partial charge in [-0.05, 0) is 61.1 Å². The molecule has 1 amide bonds. The number of aromatic nitrogens is 1. The summed E-state index contributed by atoms with van der Waals surface area (Å²) in [7, 11) is 0. The van der Waals surface area contributed by atoms with E-state index in [1.807, 2.05) is 23.2 Å². The highest BCUT2D eigenvalue weighted by atomic mass is 19.4. The van der Waals surface area contributed by atoms with Gasteiger partial charge in [0.25, 0.3) is 0 Å². The summed E-state index contributed by atoms with van der Waals surface area (Å²) in [6.45, 7) is 1.84. The first-order valence-electron chi connectivity index (χ1n) is 9.47. The number of benzene rings is 1. The lowest BCUT2D eigenvalue weighted by atomic mass is 10.1. The predicted molar refractivity (Wildman–Crippen MR) is 100.0 cm³/mol. The zero-order valence-corrected chi connectivity index (χ0v) is 15.9. The molecule has 30 heavy (non-hydrogen) atoms. The Balaban J connectivity index is 0.000000318. The number of carbonyl (C=O) groups is 2. The number of alkyl halides is 3. The molecular weight excluding hydrogens is 404 g/mol. The molecule has 0 radical (unpaired) electrons. The van der Waals surface area contributed by atoms with Crippen LogP contribution in [0.3, 0.4) is 0 Å². The second kappa shape index (κ2) is 8.81. The van der Waals surface area contributed by atoms with Gasteiger partial charge in [0, 0.05) is 30.8 Å². The predicted octanol–water partition coefficient (Wildman–Crippen LogP) is 4.25. The van der Waals surface area contributed by atoms with E-state index in [4.69, 9.17) is 9.90 Å². The number of carboxylic acids is 1. The lowest BCUT2D eigenvalue weighted by Crippen LogP contribution is -2.29. The number of likely N-dealkylation sites (tertiary alicyclic amines) is 1. The van der Waals surface area contributed by atoms with Crippen molar-refractivity contribution in [1.82, 2.24) is 9.88 Å². The fourth-order valence-corrected chi connectivity index (χ4v) is 3.42. The number of hydrogen-bond acceptors (Lipinski definition) is 3. The lowest BCUT2D eigenvalue weighted by Gasteiger charge is -2.14. The molecule has 160 valence electrons. The first kappa shape index (κ1) is 21.7. The van der Waals surface area contributed by atoms with Crippen molar-refractivity contribution in [3.8, 4) is 11.3 Å². The second-order valence-electron chi connectivity index (χ2n) is 7.27. The third-order valence-electron chi connectivity index (χ3n) is 5.12. The van der Waals surface area contributed by atoms with E-state index in [1.54, 1.807) is 12.1 Å². The molecule has 2 atom stereocenters. The summed E-state index contributed by atoms with van der Waals surface area (Å²) in [6, 6.07) is 10.3. The van der Waals surface area contributed by atoms with Gasteiger partial charge < -0.3 is 10.0 Å². The van der Waals surface area contributed by atoms with Gasteiger partial charge in [0.05, 0.1) is 5.69 Å². The Kier molecular flexibility index (Phi) is 6.38. The van der Waals surface area contributed by atoms with Crippen LogP contribution < -0.4 is 0 Å². The minimum absolute atomic E-state index is 0.145. The molecule has 1 saturated heterocycles. The van der Waals surface area contributed by atoms with E-state index < -0.39 is 12.1 Å². The van der Waals surface area contributed by atoms with Crippen LogP contribution in [0, 0.1) is 11.7 Å². The van der Waals surface area contributed by atoms with E-state index in [-0.39, 0.29) is 11.7 Å². The Morgan fingerprint density at radius 1 is 1.03 bits per heavy atom. The normalized spacial score (nSPS) is 20.3. The first-order chi connectivity index (χ1) is 14.2. The first-order valence-corrected chi connectivity index (χ1v) is 9.47. The molecule has 2 aliphatic rings. The molecule has 2 aromatic rings. The average Bonchev–Trinajstić information content (AvgIpc) is 3.32. The van der Waals surface area contributed by atoms with Crippen molar-refractivity contribution in [3.63, 3.8) is 0 Å². The van der Waals surface area contributed by atoms with Gasteiger partial charge in [0.15, 0.2) is 0 Å². The van der Waals surface area contributed by atoms with Crippen LogP contribution in [-0.4, -0.2) is 46.1 Å². The third kappa shape index (κ3) is 5.34. The van der Waals surface area contributed by atoms with E-state index >= 15 is 0 Å². The SMILES string of the molecule is O=C(O)C(F)(F)F.O=C([C@@H]1C[C@H]1c1ccc(-c2ccc(F)cc2)nc1)N1CCCC1. The smallest absolute Gasteiger partial charge is 0.475 e. The van der Waals surface area contributed by atoms with E-state index in [1.165, 1.54) is 12.1 Å². The molecule has 1 aromatic heterocycles. The van der Waals surface area contributed by atoms with Crippen molar-refractivity contribution in [2.75, 3.05) is 13.1 Å². The lowest BCUT2D eigenvalue weighted by molar-refractivity contribution is -0.192. The van der Waals surface area contributed by atoms with Crippen LogP contribution in [0.15, 0.2) is 42.6 Å². The summed E-state index contributed by atoms with van der Waals surface area (Å²) in [4.78, 5) is 27.8. The average molecular weight is 424 g/mol. The number of halogens is 4. The largest absolute Gasteiger partial charge is 0.490 e. The summed E-state index contributed by atoms with van der Waals surface area (Å²) < 4.78 is 44.7. The van der Waals surface area contributed by atoms with Gasteiger partial charge in [-0.1, -0.05) is 6.07 Å². The summed E-state index contributed by atoms with van der Waals surface area (Å²) in [5.74, 6) is -2.22. The molecular formula is C21H20F4N2O3. The molecule has 5 nitrogen and oxygen atoms in total. The van der Waals surface area contributed by atoms with Gasteiger partial charge in [-0.2, -0.15) is 13.2 Å². The molecule has 9 heteroatoms. The molecule has 4 rings (SSSR count). The van der Waals surface area contributed by atoms with Gasteiger partial charge in [0.2, 0.25) is 5.91 Å². The van der Waals surface area contributed by atoms with Crippen molar-refractivity contribution in [2.45, 2.75) is 31.4 Å². The number of hydrogen-bond donors (Lipinski definition) is 1. The molecule has 1 aromatic carbocycles. The maximum atomic E-state index is 13.0. The zero-order valence-electron chi connectivity index (χ0n) is 15.9. The second-order valence-corrected chi connectivity index (χ2v) is 7.27. The van der Waals surface area contributed by atoms with Crippen LogP contribution in [-0.2, 0) is 9.59 Å². The summed E-state index contributed by atoms with van der Waals surface area (Å²) >= 11 is 0. The maximum Gasteiger partial charge on any atom is 0.490 e. The van der Waals surface area contributed by atoms with Gasteiger partial charge in [-0.3, -0.25) is 9.78 Å². The number of rotatable bonds is 3.